The van der Waals surface area contributed by atoms with Crippen LogP contribution in [0.2, 0.25) is 0 Å². The molecule has 6 rings (SSSR count). The van der Waals surface area contributed by atoms with E-state index in [2.05, 4.69) is 108 Å². The van der Waals surface area contributed by atoms with E-state index in [1.807, 2.05) is 12.3 Å². The van der Waals surface area contributed by atoms with Crippen LogP contribution in [0, 0.1) is 13.8 Å². The lowest BCUT2D eigenvalue weighted by atomic mass is 10.0. The number of aromatic nitrogens is 2. The molecule has 2 nitrogen and oxygen atoms in total. The molecule has 0 fully saturated rings. The summed E-state index contributed by atoms with van der Waals surface area (Å²) in [4.78, 5) is 4.53. The first-order valence-corrected chi connectivity index (χ1v) is 10.6. The van der Waals surface area contributed by atoms with Crippen molar-refractivity contribution in [2.75, 3.05) is 0 Å². The van der Waals surface area contributed by atoms with E-state index in [0.29, 0.717) is 0 Å². The molecule has 2 aromatic heterocycles. The van der Waals surface area contributed by atoms with Gasteiger partial charge in [-0.1, -0.05) is 53.6 Å². The van der Waals surface area contributed by atoms with Crippen LogP contribution in [0.15, 0.2) is 97.2 Å². The van der Waals surface area contributed by atoms with E-state index in [4.69, 9.17) is 0 Å². The van der Waals surface area contributed by atoms with Gasteiger partial charge in [0.2, 0.25) is 0 Å². The second kappa shape index (κ2) is 6.82. The van der Waals surface area contributed by atoms with E-state index in [9.17, 15) is 0 Å². The average molecular weight is 399 g/mol. The van der Waals surface area contributed by atoms with E-state index < -0.39 is 0 Å². The summed E-state index contributed by atoms with van der Waals surface area (Å²) in [6, 6.07) is 32.8. The second-order valence-corrected chi connectivity index (χ2v) is 8.30. The smallest absolute Gasteiger partial charge is 0.0708 e. The first kappa shape index (κ1) is 17.9. The Kier molecular flexibility index (Phi) is 3.94. The standard InChI is InChI=1S/C29H22N2/c1-19-10-12-28-25(16-19)26-17-20(2)11-13-29(26)31(28)22-7-5-6-21(18-22)23-14-15-30-27-9-4-3-8-24(23)27/h3-18H,1-2H3. The maximum atomic E-state index is 4.53. The Labute approximate surface area is 181 Å². The Morgan fingerprint density at radius 2 is 1.32 bits per heavy atom. The van der Waals surface area contributed by atoms with E-state index >= 15 is 0 Å². The van der Waals surface area contributed by atoms with Crippen molar-refractivity contribution in [2.24, 2.45) is 0 Å². The molecule has 6 aromatic rings. The Morgan fingerprint density at radius 3 is 2.06 bits per heavy atom. The van der Waals surface area contributed by atoms with Crippen molar-refractivity contribution in [1.29, 1.82) is 0 Å². The van der Waals surface area contributed by atoms with Gasteiger partial charge in [-0.3, -0.25) is 4.98 Å². The fourth-order valence-corrected chi connectivity index (χ4v) is 4.69. The number of para-hydroxylation sites is 1. The van der Waals surface area contributed by atoms with Crippen LogP contribution >= 0.6 is 0 Å². The quantitative estimate of drug-likeness (QED) is 0.293. The summed E-state index contributed by atoms with van der Waals surface area (Å²) in [6.07, 6.45) is 1.90. The van der Waals surface area contributed by atoms with Crippen LogP contribution in [0.5, 0.6) is 0 Å². The van der Waals surface area contributed by atoms with Gasteiger partial charge in [0.15, 0.2) is 0 Å². The summed E-state index contributed by atoms with van der Waals surface area (Å²) in [6.45, 7) is 4.32. The molecule has 0 aliphatic heterocycles. The van der Waals surface area contributed by atoms with E-state index in [1.54, 1.807) is 0 Å². The van der Waals surface area contributed by atoms with Gasteiger partial charge in [0.1, 0.15) is 0 Å². The molecule has 2 heteroatoms. The fraction of sp³-hybridized carbons (Fsp3) is 0.0690. The SMILES string of the molecule is Cc1ccc2c(c1)c1cc(C)ccc1n2-c1cccc(-c2ccnc3ccccc23)c1. The van der Waals surface area contributed by atoms with Crippen molar-refractivity contribution in [3.05, 3.63) is 108 Å². The fourth-order valence-electron chi connectivity index (χ4n) is 4.69. The summed E-state index contributed by atoms with van der Waals surface area (Å²) < 4.78 is 2.39. The number of rotatable bonds is 2. The lowest BCUT2D eigenvalue weighted by molar-refractivity contribution is 1.18. The minimum absolute atomic E-state index is 1.02. The molecule has 0 N–H and O–H groups in total. The third-order valence-corrected chi connectivity index (χ3v) is 6.14. The molecule has 0 saturated carbocycles. The Bertz CT molecular complexity index is 1540. The van der Waals surface area contributed by atoms with Crippen molar-refractivity contribution in [3.63, 3.8) is 0 Å². The van der Waals surface area contributed by atoms with Gasteiger partial charge in [-0.15, -0.1) is 0 Å². The van der Waals surface area contributed by atoms with Crippen LogP contribution in [-0.2, 0) is 0 Å². The topological polar surface area (TPSA) is 17.8 Å². The molecule has 0 aliphatic carbocycles. The number of benzene rings is 4. The normalized spacial score (nSPS) is 11.5. The highest BCUT2D eigenvalue weighted by Crippen LogP contribution is 2.35. The number of nitrogens with zero attached hydrogens (tertiary/aromatic N) is 2. The lowest BCUT2D eigenvalue weighted by Gasteiger charge is -2.12. The Morgan fingerprint density at radius 1 is 0.613 bits per heavy atom. The van der Waals surface area contributed by atoms with Gasteiger partial charge in [0, 0.05) is 28.0 Å². The van der Waals surface area contributed by atoms with Gasteiger partial charge >= 0.3 is 0 Å². The molecule has 148 valence electrons. The van der Waals surface area contributed by atoms with Crippen LogP contribution in [0.25, 0.3) is 49.5 Å². The summed E-state index contributed by atoms with van der Waals surface area (Å²) in [7, 11) is 0. The molecule has 0 aliphatic rings. The third-order valence-electron chi connectivity index (χ3n) is 6.14. The molecule has 0 radical (unpaired) electrons. The lowest BCUT2D eigenvalue weighted by Crippen LogP contribution is -1.94. The van der Waals surface area contributed by atoms with Gasteiger partial charge in [-0.25, -0.2) is 0 Å². The maximum absolute atomic E-state index is 4.53. The summed E-state index contributed by atoms with van der Waals surface area (Å²) in [5, 5.41) is 3.78. The predicted octanol–water partition coefficient (Wildman–Crippen LogP) is 7.62. The number of fused-ring (bicyclic) bond motifs is 4. The molecule has 0 spiro atoms. The summed E-state index contributed by atoms with van der Waals surface area (Å²) >= 11 is 0. The number of pyridine rings is 1. The molecule has 2 heterocycles. The molecule has 0 unspecified atom stereocenters. The summed E-state index contributed by atoms with van der Waals surface area (Å²) in [5.41, 5.74) is 9.64. The molecule has 0 bridgehead atoms. The molecule has 0 saturated heterocycles. The molecule has 0 atom stereocenters. The number of aryl methyl sites for hydroxylation is 2. The number of hydrogen-bond donors (Lipinski definition) is 0. The largest absolute Gasteiger partial charge is 0.309 e. The zero-order valence-electron chi connectivity index (χ0n) is 17.6. The van der Waals surface area contributed by atoms with Crippen LogP contribution < -0.4 is 0 Å². The second-order valence-electron chi connectivity index (χ2n) is 8.30. The minimum atomic E-state index is 1.02. The van der Waals surface area contributed by atoms with Gasteiger partial charge in [-0.2, -0.15) is 0 Å². The maximum Gasteiger partial charge on any atom is 0.0708 e. The van der Waals surface area contributed by atoms with Crippen molar-refractivity contribution in [3.8, 4) is 16.8 Å². The van der Waals surface area contributed by atoms with Crippen LogP contribution in [0.3, 0.4) is 0 Å². The first-order valence-electron chi connectivity index (χ1n) is 10.6. The molecule has 4 aromatic carbocycles. The van der Waals surface area contributed by atoms with Crippen molar-refractivity contribution in [1.82, 2.24) is 9.55 Å². The van der Waals surface area contributed by atoms with Gasteiger partial charge < -0.3 is 4.57 Å². The van der Waals surface area contributed by atoms with Crippen LogP contribution in [-0.4, -0.2) is 9.55 Å². The average Bonchev–Trinajstić information content (AvgIpc) is 3.11. The van der Waals surface area contributed by atoms with Crippen molar-refractivity contribution in [2.45, 2.75) is 13.8 Å². The monoisotopic (exact) mass is 398 g/mol. The van der Waals surface area contributed by atoms with Crippen molar-refractivity contribution < 1.29 is 0 Å². The van der Waals surface area contributed by atoms with Gasteiger partial charge in [-0.05, 0) is 73.5 Å². The van der Waals surface area contributed by atoms with Crippen LogP contribution in [0.1, 0.15) is 11.1 Å². The Hall–Kier alpha value is -3.91. The zero-order valence-corrected chi connectivity index (χ0v) is 17.6. The Balaban J connectivity index is 1.64. The highest BCUT2D eigenvalue weighted by atomic mass is 15.0. The van der Waals surface area contributed by atoms with Gasteiger partial charge in [0.25, 0.3) is 0 Å². The highest BCUT2D eigenvalue weighted by molar-refractivity contribution is 6.09. The molecular formula is C29H22N2. The third kappa shape index (κ3) is 2.83. The minimum Gasteiger partial charge on any atom is -0.309 e. The van der Waals surface area contributed by atoms with Crippen LogP contribution in [0.4, 0.5) is 0 Å². The number of hydrogen-bond acceptors (Lipinski definition) is 1. The molecule has 31 heavy (non-hydrogen) atoms. The summed E-state index contributed by atoms with van der Waals surface area (Å²) in [5.74, 6) is 0. The van der Waals surface area contributed by atoms with E-state index in [0.717, 1.165) is 5.52 Å². The first-order chi connectivity index (χ1) is 15.2. The van der Waals surface area contributed by atoms with Gasteiger partial charge in [0.05, 0.1) is 16.6 Å². The molecular weight excluding hydrogens is 376 g/mol. The molecule has 0 amide bonds. The highest BCUT2D eigenvalue weighted by Gasteiger charge is 2.13. The van der Waals surface area contributed by atoms with E-state index in [-0.39, 0.29) is 0 Å². The zero-order chi connectivity index (χ0) is 20.9. The van der Waals surface area contributed by atoms with Crippen molar-refractivity contribution >= 4 is 32.7 Å². The van der Waals surface area contributed by atoms with E-state index in [1.165, 1.54) is 55.1 Å². The predicted molar refractivity (Wildman–Crippen MR) is 131 cm³/mol.